The molecule has 0 aromatic carbocycles. The van der Waals surface area contributed by atoms with Crippen molar-refractivity contribution in [3.63, 3.8) is 0 Å². The average Bonchev–Trinajstić information content (AvgIpc) is 2.33. The van der Waals surface area contributed by atoms with Gasteiger partial charge in [0.25, 0.3) is 0 Å². The molecular weight excluding hydrogens is 155 g/mol. The predicted octanol–water partition coefficient (Wildman–Crippen LogP) is 1.34. The maximum absolute atomic E-state index is 11.1. The normalized spacial score (nSPS) is 22.8. The quantitative estimate of drug-likeness (QED) is 0.466. The number of rotatable bonds is 3. The molecule has 1 heterocycles. The second-order valence-corrected chi connectivity index (χ2v) is 3.37. The first-order chi connectivity index (χ1) is 4.77. The highest BCUT2D eigenvalue weighted by molar-refractivity contribution is 7.48. The number of phosphoric ester groups is 1. The lowest BCUT2D eigenvalue weighted by Gasteiger charge is -2.06. The van der Waals surface area contributed by atoms with Gasteiger partial charge in [-0.15, -0.1) is 6.58 Å². The van der Waals surface area contributed by atoms with Gasteiger partial charge in [0.1, 0.15) is 0 Å². The lowest BCUT2D eigenvalue weighted by Crippen LogP contribution is -1.88. The maximum Gasteiger partial charge on any atom is 0.475 e. The highest BCUT2D eigenvalue weighted by Gasteiger charge is 2.31. The molecule has 1 aliphatic rings. The van der Waals surface area contributed by atoms with Crippen LogP contribution in [0.2, 0.25) is 0 Å². The van der Waals surface area contributed by atoms with E-state index in [1.165, 1.54) is 6.08 Å². The van der Waals surface area contributed by atoms with E-state index in [0.717, 1.165) is 0 Å². The molecule has 0 amide bonds. The van der Waals surface area contributed by atoms with Gasteiger partial charge in [0, 0.05) is 0 Å². The fourth-order valence-corrected chi connectivity index (χ4v) is 1.66. The van der Waals surface area contributed by atoms with Crippen LogP contribution in [-0.4, -0.2) is 19.8 Å². The fraction of sp³-hybridized carbons (Fsp3) is 0.600. The third-order valence-corrected chi connectivity index (χ3v) is 2.40. The van der Waals surface area contributed by atoms with E-state index in [2.05, 4.69) is 6.58 Å². The van der Waals surface area contributed by atoms with Gasteiger partial charge in [0.05, 0.1) is 19.8 Å². The average molecular weight is 164 g/mol. The summed E-state index contributed by atoms with van der Waals surface area (Å²) in [7, 11) is -3.16. The van der Waals surface area contributed by atoms with Gasteiger partial charge in [-0.05, 0) is 0 Å². The largest absolute Gasteiger partial charge is 0.475 e. The first-order valence-corrected chi connectivity index (χ1v) is 4.37. The zero-order valence-corrected chi connectivity index (χ0v) is 6.38. The first-order valence-electron chi connectivity index (χ1n) is 2.91. The molecule has 0 spiro atoms. The summed E-state index contributed by atoms with van der Waals surface area (Å²) in [5, 5.41) is 0. The smallest absolute Gasteiger partial charge is 0.284 e. The summed E-state index contributed by atoms with van der Waals surface area (Å²) in [6.45, 7) is 4.27. The van der Waals surface area contributed by atoms with Gasteiger partial charge >= 0.3 is 7.82 Å². The fourth-order valence-electron chi connectivity index (χ4n) is 0.554. The Bertz CT molecular complexity index is 157. The summed E-state index contributed by atoms with van der Waals surface area (Å²) in [6.07, 6.45) is 1.49. The van der Waals surface area contributed by atoms with Crippen molar-refractivity contribution in [1.29, 1.82) is 0 Å². The molecule has 0 aromatic rings. The van der Waals surface area contributed by atoms with Gasteiger partial charge in [-0.1, -0.05) is 6.08 Å². The van der Waals surface area contributed by atoms with Gasteiger partial charge in [-0.25, -0.2) is 4.57 Å². The number of hydrogen-bond acceptors (Lipinski definition) is 4. The van der Waals surface area contributed by atoms with Crippen molar-refractivity contribution in [3.8, 4) is 0 Å². The van der Waals surface area contributed by atoms with Crippen LogP contribution < -0.4 is 0 Å². The van der Waals surface area contributed by atoms with Crippen LogP contribution in [0.4, 0.5) is 0 Å². The highest BCUT2D eigenvalue weighted by atomic mass is 31.2. The summed E-state index contributed by atoms with van der Waals surface area (Å²) in [5.74, 6) is 0. The minimum Gasteiger partial charge on any atom is -0.284 e. The Hall–Kier alpha value is -0.150. The Morgan fingerprint density at radius 3 is 2.70 bits per heavy atom. The molecule has 0 bridgehead atoms. The Balaban J connectivity index is 2.36. The van der Waals surface area contributed by atoms with E-state index in [0.29, 0.717) is 13.2 Å². The molecule has 0 aromatic heterocycles. The highest BCUT2D eigenvalue weighted by Crippen LogP contribution is 2.52. The van der Waals surface area contributed by atoms with E-state index in [-0.39, 0.29) is 6.61 Å². The van der Waals surface area contributed by atoms with Crippen LogP contribution in [-0.2, 0) is 18.1 Å². The molecule has 0 radical (unpaired) electrons. The zero-order valence-electron chi connectivity index (χ0n) is 5.49. The van der Waals surface area contributed by atoms with Crippen molar-refractivity contribution in [2.75, 3.05) is 19.8 Å². The molecule has 0 saturated carbocycles. The molecule has 5 heteroatoms. The molecule has 1 aliphatic heterocycles. The molecule has 0 aliphatic carbocycles. The summed E-state index contributed by atoms with van der Waals surface area (Å²) in [5.41, 5.74) is 0. The van der Waals surface area contributed by atoms with Crippen LogP contribution in [0.25, 0.3) is 0 Å². The molecule has 1 fully saturated rings. The summed E-state index contributed by atoms with van der Waals surface area (Å²) >= 11 is 0. The van der Waals surface area contributed by atoms with Crippen molar-refractivity contribution in [2.24, 2.45) is 0 Å². The molecule has 0 atom stereocenters. The van der Waals surface area contributed by atoms with Crippen LogP contribution in [0.1, 0.15) is 0 Å². The van der Waals surface area contributed by atoms with E-state index >= 15 is 0 Å². The van der Waals surface area contributed by atoms with Crippen LogP contribution in [0, 0.1) is 0 Å². The summed E-state index contributed by atoms with van der Waals surface area (Å²) in [4.78, 5) is 0. The third kappa shape index (κ3) is 1.92. The zero-order chi connectivity index (χ0) is 7.45. The Kier molecular flexibility index (Phi) is 2.63. The molecule has 1 saturated heterocycles. The first kappa shape index (κ1) is 7.95. The van der Waals surface area contributed by atoms with Crippen molar-refractivity contribution >= 4 is 7.82 Å². The van der Waals surface area contributed by atoms with E-state index < -0.39 is 7.82 Å². The van der Waals surface area contributed by atoms with Gasteiger partial charge < -0.3 is 0 Å². The molecule has 10 heavy (non-hydrogen) atoms. The second kappa shape index (κ2) is 3.30. The second-order valence-electron chi connectivity index (χ2n) is 1.70. The van der Waals surface area contributed by atoms with Crippen molar-refractivity contribution in [3.05, 3.63) is 12.7 Å². The Labute approximate surface area is 59.4 Å². The standard InChI is InChI=1S/C5H9O4P/c1-2-3-7-10(6)8-4-5-9-10/h2H,1,3-5H2. The van der Waals surface area contributed by atoms with Gasteiger partial charge in [-0.2, -0.15) is 0 Å². The lowest BCUT2D eigenvalue weighted by molar-refractivity contribution is 0.208. The van der Waals surface area contributed by atoms with Gasteiger partial charge in [0.15, 0.2) is 0 Å². The SMILES string of the molecule is C=CCOP1(=O)OCCO1. The van der Waals surface area contributed by atoms with E-state index in [1.54, 1.807) is 0 Å². The van der Waals surface area contributed by atoms with Gasteiger partial charge in [-0.3, -0.25) is 13.6 Å². The van der Waals surface area contributed by atoms with E-state index in [4.69, 9.17) is 13.6 Å². The Morgan fingerprint density at radius 1 is 1.60 bits per heavy atom. The Morgan fingerprint density at radius 2 is 2.20 bits per heavy atom. The monoisotopic (exact) mass is 164 g/mol. The van der Waals surface area contributed by atoms with Crippen molar-refractivity contribution < 1.29 is 18.1 Å². The molecule has 1 rings (SSSR count). The van der Waals surface area contributed by atoms with Crippen LogP contribution in [0.5, 0.6) is 0 Å². The number of phosphoric acid groups is 1. The molecule has 0 unspecified atom stereocenters. The van der Waals surface area contributed by atoms with Crippen molar-refractivity contribution in [1.82, 2.24) is 0 Å². The van der Waals surface area contributed by atoms with E-state index in [1.807, 2.05) is 0 Å². The lowest BCUT2D eigenvalue weighted by atomic mass is 10.7. The predicted molar refractivity (Wildman–Crippen MR) is 35.7 cm³/mol. The summed E-state index contributed by atoms with van der Waals surface area (Å²) in [6, 6.07) is 0. The van der Waals surface area contributed by atoms with Crippen LogP contribution in [0.3, 0.4) is 0 Å². The third-order valence-electron chi connectivity index (χ3n) is 0.933. The van der Waals surface area contributed by atoms with Gasteiger partial charge in [0.2, 0.25) is 0 Å². The maximum atomic E-state index is 11.1. The number of hydrogen-bond donors (Lipinski definition) is 0. The molecular formula is C5H9O4P. The topological polar surface area (TPSA) is 44.8 Å². The van der Waals surface area contributed by atoms with Crippen LogP contribution >= 0.6 is 7.82 Å². The molecule has 58 valence electrons. The molecule has 0 N–H and O–H groups in total. The summed E-state index contributed by atoms with van der Waals surface area (Å²) < 4.78 is 25.2. The van der Waals surface area contributed by atoms with E-state index in [9.17, 15) is 4.57 Å². The minimum absolute atomic E-state index is 0.192. The van der Waals surface area contributed by atoms with Crippen LogP contribution in [0.15, 0.2) is 12.7 Å². The van der Waals surface area contributed by atoms with Crippen molar-refractivity contribution in [2.45, 2.75) is 0 Å². The molecule has 4 nitrogen and oxygen atoms in total. The minimum atomic E-state index is -3.16.